The van der Waals surface area contributed by atoms with E-state index in [0.717, 1.165) is 4.57 Å². The Balaban J connectivity index is 2.32. The fourth-order valence-corrected chi connectivity index (χ4v) is 2.17. The van der Waals surface area contributed by atoms with Crippen molar-refractivity contribution in [3.8, 4) is 11.4 Å². The Morgan fingerprint density at radius 3 is 2.48 bits per heavy atom. The standard InChI is InChI=1S/C15H11FN2O3/c1-21-10-7-5-9(6-8-10)18-14(19)11-3-2-4-12(16)13(11)17-15(18)20/h2-8H,1H3,(H,17,20). The maximum absolute atomic E-state index is 13.6. The van der Waals surface area contributed by atoms with Crippen molar-refractivity contribution in [1.29, 1.82) is 0 Å². The minimum Gasteiger partial charge on any atom is -0.497 e. The summed E-state index contributed by atoms with van der Waals surface area (Å²) in [4.78, 5) is 26.9. The Bertz CT molecular complexity index is 926. The van der Waals surface area contributed by atoms with Gasteiger partial charge in [0.1, 0.15) is 11.6 Å². The Kier molecular flexibility index (Phi) is 3.06. The van der Waals surface area contributed by atoms with Gasteiger partial charge in [-0.15, -0.1) is 0 Å². The molecule has 106 valence electrons. The van der Waals surface area contributed by atoms with Gasteiger partial charge in [0.15, 0.2) is 0 Å². The summed E-state index contributed by atoms with van der Waals surface area (Å²) >= 11 is 0. The van der Waals surface area contributed by atoms with Crippen LogP contribution in [0.25, 0.3) is 16.6 Å². The zero-order valence-electron chi connectivity index (χ0n) is 11.1. The van der Waals surface area contributed by atoms with Gasteiger partial charge in [0, 0.05) is 0 Å². The lowest BCUT2D eigenvalue weighted by molar-refractivity contribution is 0.414. The molecule has 1 heterocycles. The van der Waals surface area contributed by atoms with E-state index >= 15 is 0 Å². The average molecular weight is 286 g/mol. The first-order valence-corrected chi connectivity index (χ1v) is 6.20. The first kappa shape index (κ1) is 13.1. The van der Waals surface area contributed by atoms with E-state index in [2.05, 4.69) is 4.98 Å². The zero-order valence-corrected chi connectivity index (χ0v) is 11.1. The highest BCUT2D eigenvalue weighted by Gasteiger charge is 2.11. The molecule has 1 aromatic heterocycles. The van der Waals surface area contributed by atoms with Crippen LogP contribution in [-0.2, 0) is 0 Å². The Hall–Kier alpha value is -2.89. The highest BCUT2D eigenvalue weighted by molar-refractivity contribution is 5.78. The summed E-state index contributed by atoms with van der Waals surface area (Å²) in [5.41, 5.74) is -0.966. The summed E-state index contributed by atoms with van der Waals surface area (Å²) in [6.45, 7) is 0. The van der Waals surface area contributed by atoms with Crippen LogP contribution >= 0.6 is 0 Å². The van der Waals surface area contributed by atoms with Crippen LogP contribution in [0.3, 0.4) is 0 Å². The van der Waals surface area contributed by atoms with E-state index in [4.69, 9.17) is 4.74 Å². The molecule has 0 aliphatic heterocycles. The molecule has 0 bridgehead atoms. The van der Waals surface area contributed by atoms with Crippen molar-refractivity contribution in [2.75, 3.05) is 7.11 Å². The number of rotatable bonds is 2. The molecule has 1 N–H and O–H groups in total. The highest BCUT2D eigenvalue weighted by Crippen LogP contribution is 2.14. The summed E-state index contributed by atoms with van der Waals surface area (Å²) < 4.78 is 19.6. The fourth-order valence-electron chi connectivity index (χ4n) is 2.17. The Labute approximate surface area is 118 Å². The van der Waals surface area contributed by atoms with Crippen LogP contribution in [0.1, 0.15) is 0 Å². The first-order valence-electron chi connectivity index (χ1n) is 6.20. The van der Waals surface area contributed by atoms with Crippen molar-refractivity contribution >= 4 is 10.9 Å². The Morgan fingerprint density at radius 2 is 1.81 bits per heavy atom. The molecule has 0 saturated heterocycles. The molecule has 0 aliphatic carbocycles. The van der Waals surface area contributed by atoms with Gasteiger partial charge < -0.3 is 9.72 Å². The highest BCUT2D eigenvalue weighted by atomic mass is 19.1. The number of benzene rings is 2. The number of nitrogens with zero attached hydrogens (tertiary/aromatic N) is 1. The van der Waals surface area contributed by atoms with Crippen LogP contribution in [0.2, 0.25) is 0 Å². The van der Waals surface area contributed by atoms with Crippen molar-refractivity contribution in [2.24, 2.45) is 0 Å². The van der Waals surface area contributed by atoms with Gasteiger partial charge in [-0.25, -0.2) is 13.8 Å². The van der Waals surface area contributed by atoms with Crippen molar-refractivity contribution in [2.45, 2.75) is 0 Å². The molecule has 0 amide bonds. The summed E-state index contributed by atoms with van der Waals surface area (Å²) in [5, 5.41) is 0.116. The number of nitrogens with one attached hydrogen (secondary N) is 1. The number of aromatic amines is 1. The number of hydrogen-bond donors (Lipinski definition) is 1. The minimum absolute atomic E-state index is 0.0859. The van der Waals surface area contributed by atoms with E-state index in [1.165, 1.54) is 25.3 Å². The molecule has 3 rings (SSSR count). The molecule has 0 fully saturated rings. The topological polar surface area (TPSA) is 64.1 Å². The molecule has 5 nitrogen and oxygen atoms in total. The molecule has 6 heteroatoms. The monoisotopic (exact) mass is 286 g/mol. The number of hydrogen-bond acceptors (Lipinski definition) is 3. The van der Waals surface area contributed by atoms with Crippen LogP contribution < -0.4 is 16.0 Å². The predicted octanol–water partition coefficient (Wildman–Crippen LogP) is 1.83. The molecule has 2 aromatic carbocycles. The lowest BCUT2D eigenvalue weighted by Gasteiger charge is -2.07. The minimum atomic E-state index is -0.692. The van der Waals surface area contributed by atoms with Crippen LogP contribution in [0.4, 0.5) is 4.39 Å². The third kappa shape index (κ3) is 2.10. The van der Waals surface area contributed by atoms with Crippen molar-refractivity contribution < 1.29 is 9.13 Å². The van der Waals surface area contributed by atoms with Gasteiger partial charge in [-0.1, -0.05) is 6.07 Å². The maximum Gasteiger partial charge on any atom is 0.333 e. The van der Waals surface area contributed by atoms with Gasteiger partial charge >= 0.3 is 5.69 Å². The van der Waals surface area contributed by atoms with E-state index in [0.29, 0.717) is 11.4 Å². The molecule has 3 aromatic rings. The van der Waals surface area contributed by atoms with Crippen LogP contribution in [0.5, 0.6) is 5.75 Å². The molecule has 0 atom stereocenters. The number of ether oxygens (including phenoxy) is 1. The molecule has 0 aliphatic rings. The van der Waals surface area contributed by atoms with E-state index in [9.17, 15) is 14.0 Å². The number of para-hydroxylation sites is 1. The van der Waals surface area contributed by atoms with Crippen LogP contribution in [0, 0.1) is 5.82 Å². The van der Waals surface area contributed by atoms with Crippen molar-refractivity contribution in [3.63, 3.8) is 0 Å². The van der Waals surface area contributed by atoms with Crippen LogP contribution in [0.15, 0.2) is 52.1 Å². The molecule has 0 unspecified atom stereocenters. The number of halogens is 1. The Morgan fingerprint density at radius 1 is 1.10 bits per heavy atom. The van der Waals surface area contributed by atoms with E-state index in [-0.39, 0.29) is 10.9 Å². The summed E-state index contributed by atoms with van der Waals surface area (Å²) in [6.07, 6.45) is 0. The van der Waals surface area contributed by atoms with E-state index in [1.807, 2.05) is 0 Å². The van der Waals surface area contributed by atoms with Crippen LogP contribution in [-0.4, -0.2) is 16.7 Å². The van der Waals surface area contributed by atoms with Crippen molar-refractivity contribution in [1.82, 2.24) is 9.55 Å². The van der Waals surface area contributed by atoms with E-state index in [1.54, 1.807) is 24.3 Å². The SMILES string of the molecule is COc1ccc(-n2c(=O)[nH]c3c(F)cccc3c2=O)cc1. The second kappa shape index (κ2) is 4.90. The quantitative estimate of drug-likeness (QED) is 0.781. The maximum atomic E-state index is 13.6. The number of aromatic nitrogens is 2. The number of fused-ring (bicyclic) bond motifs is 1. The summed E-state index contributed by atoms with van der Waals surface area (Å²) in [7, 11) is 1.52. The molecule has 21 heavy (non-hydrogen) atoms. The first-order chi connectivity index (χ1) is 10.1. The normalized spacial score (nSPS) is 10.8. The lowest BCUT2D eigenvalue weighted by Crippen LogP contribution is -2.33. The zero-order chi connectivity index (χ0) is 15.0. The van der Waals surface area contributed by atoms with Gasteiger partial charge in [0.05, 0.1) is 23.7 Å². The molecular formula is C15H11FN2O3. The van der Waals surface area contributed by atoms with Gasteiger partial charge in [-0.2, -0.15) is 0 Å². The number of methoxy groups -OCH3 is 1. The fraction of sp³-hybridized carbons (Fsp3) is 0.0667. The summed E-state index contributed by atoms with van der Waals surface area (Å²) in [5.74, 6) is -0.0290. The van der Waals surface area contributed by atoms with Gasteiger partial charge in [0.2, 0.25) is 0 Å². The van der Waals surface area contributed by atoms with Gasteiger partial charge in [-0.05, 0) is 36.4 Å². The lowest BCUT2D eigenvalue weighted by atomic mass is 10.2. The molecule has 0 saturated carbocycles. The predicted molar refractivity (Wildman–Crippen MR) is 76.7 cm³/mol. The van der Waals surface area contributed by atoms with Gasteiger partial charge in [-0.3, -0.25) is 4.79 Å². The van der Waals surface area contributed by atoms with Crippen molar-refractivity contribution in [3.05, 3.63) is 69.1 Å². The van der Waals surface area contributed by atoms with E-state index < -0.39 is 17.1 Å². The average Bonchev–Trinajstić information content (AvgIpc) is 2.49. The third-order valence-electron chi connectivity index (χ3n) is 3.21. The molecular weight excluding hydrogens is 275 g/mol. The summed E-state index contributed by atoms with van der Waals surface area (Å²) in [6, 6.07) is 10.5. The number of H-pyrrole nitrogens is 1. The van der Waals surface area contributed by atoms with Gasteiger partial charge in [0.25, 0.3) is 5.56 Å². The molecule has 0 spiro atoms. The second-order valence-corrected chi connectivity index (χ2v) is 4.43. The largest absolute Gasteiger partial charge is 0.497 e. The smallest absolute Gasteiger partial charge is 0.333 e. The third-order valence-corrected chi connectivity index (χ3v) is 3.21. The molecule has 0 radical (unpaired) electrons. The second-order valence-electron chi connectivity index (χ2n) is 4.43.